The molecule has 0 aliphatic rings. The van der Waals surface area contributed by atoms with Gasteiger partial charge < -0.3 is 9.30 Å². The largest absolute Gasteiger partial charge is 0.497 e. The summed E-state index contributed by atoms with van der Waals surface area (Å²) >= 11 is 0. The highest BCUT2D eigenvalue weighted by molar-refractivity contribution is 5.29. The Bertz CT molecular complexity index is 636. The van der Waals surface area contributed by atoms with Crippen LogP contribution in [0.2, 0.25) is 0 Å². The van der Waals surface area contributed by atoms with E-state index in [1.807, 2.05) is 30.3 Å². The number of aromatic nitrogens is 1. The first-order valence-corrected chi connectivity index (χ1v) is 5.47. The van der Waals surface area contributed by atoms with E-state index < -0.39 is 0 Å². The molecule has 90 valence electrons. The molecule has 0 spiro atoms. The summed E-state index contributed by atoms with van der Waals surface area (Å²) in [5.41, 5.74) is 0.870. The molecule has 0 radical (unpaired) electrons. The van der Waals surface area contributed by atoms with Crippen molar-refractivity contribution in [3.63, 3.8) is 0 Å². The van der Waals surface area contributed by atoms with E-state index in [1.165, 1.54) is 10.6 Å². The lowest BCUT2D eigenvalue weighted by molar-refractivity contribution is 0.414. The number of benzene rings is 1. The van der Waals surface area contributed by atoms with Crippen LogP contribution in [0.15, 0.2) is 47.4 Å². The molecule has 2 rings (SSSR count). The first-order chi connectivity index (χ1) is 8.74. The van der Waals surface area contributed by atoms with E-state index in [9.17, 15) is 4.79 Å². The van der Waals surface area contributed by atoms with E-state index in [1.54, 1.807) is 19.4 Å². The van der Waals surface area contributed by atoms with Gasteiger partial charge in [-0.2, -0.15) is 5.26 Å². The maximum atomic E-state index is 11.8. The van der Waals surface area contributed by atoms with Gasteiger partial charge in [0.15, 0.2) is 0 Å². The molecule has 0 amide bonds. The van der Waals surface area contributed by atoms with Gasteiger partial charge in [-0.05, 0) is 29.8 Å². The average Bonchev–Trinajstić information content (AvgIpc) is 2.42. The van der Waals surface area contributed by atoms with E-state index in [2.05, 4.69) is 0 Å². The maximum absolute atomic E-state index is 11.8. The lowest BCUT2D eigenvalue weighted by Crippen LogP contribution is -2.22. The molecule has 0 saturated heterocycles. The molecule has 4 heteroatoms. The number of hydrogen-bond acceptors (Lipinski definition) is 3. The van der Waals surface area contributed by atoms with E-state index in [-0.39, 0.29) is 11.1 Å². The Morgan fingerprint density at radius 1 is 1.28 bits per heavy atom. The number of nitriles is 1. The molecule has 0 saturated carbocycles. The fraction of sp³-hybridized carbons (Fsp3) is 0.143. The molecule has 1 aromatic heterocycles. The topological polar surface area (TPSA) is 55.0 Å². The fourth-order valence-corrected chi connectivity index (χ4v) is 1.67. The molecule has 0 aliphatic carbocycles. The van der Waals surface area contributed by atoms with Crippen LogP contribution < -0.4 is 10.3 Å². The third kappa shape index (κ3) is 2.41. The molecule has 1 heterocycles. The van der Waals surface area contributed by atoms with Crippen LogP contribution >= 0.6 is 0 Å². The number of ether oxygens (including phenoxy) is 1. The molecule has 1 aromatic carbocycles. The SMILES string of the molecule is COc1ccc(Cn2cccc(C#N)c2=O)cc1. The third-order valence-corrected chi connectivity index (χ3v) is 2.65. The van der Waals surface area contributed by atoms with Crippen LogP contribution in [0.4, 0.5) is 0 Å². The number of hydrogen-bond donors (Lipinski definition) is 0. The molecule has 2 aromatic rings. The number of pyridine rings is 1. The summed E-state index contributed by atoms with van der Waals surface area (Å²) in [5, 5.41) is 8.80. The Morgan fingerprint density at radius 3 is 2.61 bits per heavy atom. The van der Waals surface area contributed by atoms with Crippen molar-refractivity contribution < 1.29 is 4.74 Å². The smallest absolute Gasteiger partial charge is 0.268 e. The average molecular weight is 240 g/mol. The number of rotatable bonds is 3. The predicted molar refractivity (Wildman–Crippen MR) is 67.5 cm³/mol. The van der Waals surface area contributed by atoms with Crippen LogP contribution in [0.3, 0.4) is 0 Å². The highest BCUT2D eigenvalue weighted by atomic mass is 16.5. The van der Waals surface area contributed by atoms with Crippen molar-refractivity contribution in [1.29, 1.82) is 5.26 Å². The van der Waals surface area contributed by atoms with Gasteiger partial charge in [-0.3, -0.25) is 4.79 Å². The van der Waals surface area contributed by atoms with Crippen LogP contribution in [-0.2, 0) is 6.54 Å². The zero-order valence-corrected chi connectivity index (χ0v) is 9.96. The Hall–Kier alpha value is -2.54. The van der Waals surface area contributed by atoms with E-state index in [0.717, 1.165) is 11.3 Å². The molecule has 0 aliphatic heterocycles. The van der Waals surface area contributed by atoms with Gasteiger partial charge in [0.2, 0.25) is 0 Å². The van der Waals surface area contributed by atoms with E-state index in [0.29, 0.717) is 6.54 Å². The van der Waals surface area contributed by atoms with E-state index >= 15 is 0 Å². The van der Waals surface area contributed by atoms with Crippen LogP contribution in [0, 0.1) is 11.3 Å². The minimum absolute atomic E-state index is 0.158. The van der Waals surface area contributed by atoms with Crippen LogP contribution in [0.5, 0.6) is 5.75 Å². The molecule has 0 unspecified atom stereocenters. The lowest BCUT2D eigenvalue weighted by atomic mass is 10.2. The van der Waals surface area contributed by atoms with Crippen molar-refractivity contribution in [3.8, 4) is 11.8 Å². The summed E-state index contributed by atoms with van der Waals surface area (Å²) in [4.78, 5) is 11.8. The standard InChI is InChI=1S/C14H12N2O2/c1-18-13-6-4-11(5-7-13)10-16-8-2-3-12(9-15)14(16)17/h2-8H,10H2,1H3. The first kappa shape index (κ1) is 11.9. The summed E-state index contributed by atoms with van der Waals surface area (Å²) in [6.07, 6.45) is 1.67. The van der Waals surface area contributed by atoms with Crippen LogP contribution in [0.25, 0.3) is 0 Å². The van der Waals surface area contributed by atoms with Gasteiger partial charge in [0.1, 0.15) is 17.4 Å². The molecule has 18 heavy (non-hydrogen) atoms. The highest BCUT2D eigenvalue weighted by Gasteiger charge is 2.02. The Balaban J connectivity index is 2.29. The van der Waals surface area contributed by atoms with Crippen molar-refractivity contribution >= 4 is 0 Å². The predicted octanol–water partition coefficient (Wildman–Crippen LogP) is 1.78. The highest BCUT2D eigenvalue weighted by Crippen LogP contribution is 2.11. The molecule has 0 atom stereocenters. The molecule has 0 bridgehead atoms. The van der Waals surface area contributed by atoms with Crippen molar-refractivity contribution in [1.82, 2.24) is 4.57 Å². The van der Waals surface area contributed by atoms with E-state index in [4.69, 9.17) is 10.00 Å². The van der Waals surface area contributed by atoms with Gasteiger partial charge in [0, 0.05) is 6.20 Å². The fourth-order valence-electron chi connectivity index (χ4n) is 1.67. The van der Waals surface area contributed by atoms with Gasteiger partial charge in [-0.25, -0.2) is 0 Å². The zero-order valence-electron chi connectivity index (χ0n) is 9.96. The molecule has 0 fully saturated rings. The van der Waals surface area contributed by atoms with Gasteiger partial charge in [0.05, 0.1) is 13.7 Å². The Labute approximate surface area is 105 Å². The minimum Gasteiger partial charge on any atom is -0.497 e. The monoisotopic (exact) mass is 240 g/mol. The second kappa shape index (κ2) is 5.19. The number of nitrogens with zero attached hydrogens (tertiary/aromatic N) is 2. The Morgan fingerprint density at radius 2 is 2.00 bits per heavy atom. The molecule has 0 N–H and O–H groups in total. The zero-order chi connectivity index (χ0) is 13.0. The first-order valence-electron chi connectivity index (χ1n) is 5.47. The molecular formula is C14H12N2O2. The second-order valence-corrected chi connectivity index (χ2v) is 3.81. The molecular weight excluding hydrogens is 228 g/mol. The summed E-state index contributed by atoms with van der Waals surface area (Å²) in [7, 11) is 1.61. The van der Waals surface area contributed by atoms with Crippen molar-refractivity contribution in [2.75, 3.05) is 7.11 Å². The van der Waals surface area contributed by atoms with Crippen LogP contribution in [0.1, 0.15) is 11.1 Å². The summed E-state index contributed by atoms with van der Waals surface area (Å²) in [6.45, 7) is 0.443. The summed E-state index contributed by atoms with van der Waals surface area (Å²) < 4.78 is 6.58. The van der Waals surface area contributed by atoms with Crippen LogP contribution in [-0.4, -0.2) is 11.7 Å². The van der Waals surface area contributed by atoms with Crippen molar-refractivity contribution in [3.05, 3.63) is 64.1 Å². The Kier molecular flexibility index (Phi) is 3.44. The van der Waals surface area contributed by atoms with Gasteiger partial charge in [-0.1, -0.05) is 12.1 Å². The number of methoxy groups -OCH3 is 1. The summed E-state index contributed by atoms with van der Waals surface area (Å²) in [6, 6.07) is 12.6. The van der Waals surface area contributed by atoms with Gasteiger partial charge in [-0.15, -0.1) is 0 Å². The van der Waals surface area contributed by atoms with Gasteiger partial charge >= 0.3 is 0 Å². The van der Waals surface area contributed by atoms with Crippen molar-refractivity contribution in [2.24, 2.45) is 0 Å². The minimum atomic E-state index is -0.268. The van der Waals surface area contributed by atoms with Crippen molar-refractivity contribution in [2.45, 2.75) is 6.54 Å². The second-order valence-electron chi connectivity index (χ2n) is 3.81. The summed E-state index contributed by atoms with van der Waals surface area (Å²) in [5.74, 6) is 0.775. The van der Waals surface area contributed by atoms with Gasteiger partial charge in [0.25, 0.3) is 5.56 Å². The third-order valence-electron chi connectivity index (χ3n) is 2.65. The normalized spacial score (nSPS) is 9.78. The maximum Gasteiger partial charge on any atom is 0.268 e. The quantitative estimate of drug-likeness (QED) is 0.821. The molecule has 4 nitrogen and oxygen atoms in total. The lowest BCUT2D eigenvalue weighted by Gasteiger charge is -2.06.